The Balaban J connectivity index is 1.98. The van der Waals surface area contributed by atoms with E-state index in [-0.39, 0.29) is 0 Å². The molecule has 0 aromatic rings. The summed E-state index contributed by atoms with van der Waals surface area (Å²) in [5.41, 5.74) is 0. The Morgan fingerprint density at radius 1 is 1.22 bits per heavy atom. The third kappa shape index (κ3) is 3.88. The van der Waals surface area contributed by atoms with Gasteiger partial charge in [-0.2, -0.15) is 11.8 Å². The third-order valence-corrected chi connectivity index (χ3v) is 5.42. The summed E-state index contributed by atoms with van der Waals surface area (Å²) in [6.07, 6.45) is 4.61. The highest BCUT2D eigenvalue weighted by atomic mass is 32.2. The molecule has 1 aliphatic heterocycles. The summed E-state index contributed by atoms with van der Waals surface area (Å²) in [5, 5.41) is 3.72. The Labute approximate surface area is 117 Å². The zero-order chi connectivity index (χ0) is 13.0. The van der Waals surface area contributed by atoms with Gasteiger partial charge in [-0.3, -0.25) is 0 Å². The Hall–Kier alpha value is 0.270. The average Bonchev–Trinajstić information content (AvgIpc) is 2.36. The van der Waals surface area contributed by atoms with Crippen LogP contribution in [-0.4, -0.2) is 36.8 Å². The lowest BCUT2D eigenvalue weighted by Crippen LogP contribution is -2.50. The number of thioether (sulfide) groups is 1. The summed E-state index contributed by atoms with van der Waals surface area (Å²) in [6, 6.07) is 0.577. The summed E-state index contributed by atoms with van der Waals surface area (Å²) < 4.78 is 6.03. The second kappa shape index (κ2) is 7.16. The van der Waals surface area contributed by atoms with Crippen molar-refractivity contribution in [1.82, 2.24) is 5.32 Å². The maximum Gasteiger partial charge on any atom is 0.0821 e. The first kappa shape index (κ1) is 14.7. The number of hydrogen-bond acceptors (Lipinski definition) is 3. The molecule has 1 aliphatic carbocycles. The van der Waals surface area contributed by atoms with Crippen LogP contribution in [-0.2, 0) is 4.74 Å². The summed E-state index contributed by atoms with van der Waals surface area (Å²) in [7, 11) is 0. The summed E-state index contributed by atoms with van der Waals surface area (Å²) in [6.45, 7) is 9.06. The van der Waals surface area contributed by atoms with E-state index >= 15 is 0 Å². The number of hydrogen-bond donors (Lipinski definition) is 1. The first-order valence-corrected chi connectivity index (χ1v) is 8.78. The van der Waals surface area contributed by atoms with Gasteiger partial charge in [0.05, 0.1) is 12.7 Å². The van der Waals surface area contributed by atoms with Crippen LogP contribution in [0.25, 0.3) is 0 Å². The minimum absolute atomic E-state index is 0.436. The van der Waals surface area contributed by atoms with E-state index in [1.807, 2.05) is 0 Å². The molecular weight excluding hydrogens is 242 g/mol. The molecule has 0 amide bonds. The van der Waals surface area contributed by atoms with Crippen molar-refractivity contribution in [2.75, 3.05) is 24.7 Å². The number of ether oxygens (including phenoxy) is 1. The van der Waals surface area contributed by atoms with Gasteiger partial charge in [0.15, 0.2) is 0 Å². The largest absolute Gasteiger partial charge is 0.375 e. The number of rotatable bonds is 4. The summed E-state index contributed by atoms with van der Waals surface area (Å²) in [5.74, 6) is 4.93. The van der Waals surface area contributed by atoms with E-state index in [1.165, 1.54) is 30.8 Å². The maximum atomic E-state index is 6.03. The van der Waals surface area contributed by atoms with Gasteiger partial charge in [-0.1, -0.05) is 20.8 Å². The monoisotopic (exact) mass is 271 g/mol. The molecule has 0 aromatic heterocycles. The Bertz CT molecular complexity index is 233. The highest BCUT2D eigenvalue weighted by molar-refractivity contribution is 7.99. The van der Waals surface area contributed by atoms with Gasteiger partial charge in [0.2, 0.25) is 0 Å². The molecule has 18 heavy (non-hydrogen) atoms. The molecule has 2 rings (SSSR count). The van der Waals surface area contributed by atoms with Crippen molar-refractivity contribution < 1.29 is 4.74 Å². The first-order chi connectivity index (χ1) is 8.70. The molecule has 4 atom stereocenters. The molecular formula is C15H29NOS. The summed E-state index contributed by atoms with van der Waals surface area (Å²) in [4.78, 5) is 0. The van der Waals surface area contributed by atoms with Crippen LogP contribution in [0, 0.1) is 17.8 Å². The van der Waals surface area contributed by atoms with Gasteiger partial charge in [0.1, 0.15) is 0 Å². The highest BCUT2D eigenvalue weighted by Crippen LogP contribution is 2.36. The van der Waals surface area contributed by atoms with Gasteiger partial charge in [-0.25, -0.2) is 0 Å². The Morgan fingerprint density at radius 2 is 1.94 bits per heavy atom. The minimum atomic E-state index is 0.436. The molecule has 2 nitrogen and oxygen atoms in total. The van der Waals surface area contributed by atoms with Gasteiger partial charge in [0.25, 0.3) is 0 Å². The van der Waals surface area contributed by atoms with Crippen molar-refractivity contribution in [2.24, 2.45) is 17.8 Å². The molecule has 1 N–H and O–H groups in total. The Kier molecular flexibility index (Phi) is 5.84. The molecule has 0 bridgehead atoms. The van der Waals surface area contributed by atoms with Gasteiger partial charge in [-0.15, -0.1) is 0 Å². The molecule has 1 heterocycles. The van der Waals surface area contributed by atoms with Gasteiger partial charge in [0, 0.05) is 17.5 Å². The second-order valence-corrected chi connectivity index (χ2v) is 7.39. The lowest BCUT2D eigenvalue weighted by molar-refractivity contribution is 0.0152. The van der Waals surface area contributed by atoms with E-state index in [0.717, 1.165) is 30.9 Å². The first-order valence-electron chi connectivity index (χ1n) is 7.63. The van der Waals surface area contributed by atoms with Gasteiger partial charge in [-0.05, 0) is 43.6 Å². The zero-order valence-corrected chi connectivity index (χ0v) is 13.0. The van der Waals surface area contributed by atoms with Crippen LogP contribution in [0.1, 0.15) is 40.0 Å². The number of nitrogens with one attached hydrogen (secondary N) is 1. The lowest BCUT2D eigenvalue weighted by atomic mass is 9.72. The molecule has 2 fully saturated rings. The van der Waals surface area contributed by atoms with Crippen LogP contribution in [0.4, 0.5) is 0 Å². The van der Waals surface area contributed by atoms with Gasteiger partial charge >= 0.3 is 0 Å². The van der Waals surface area contributed by atoms with E-state index in [4.69, 9.17) is 4.74 Å². The normalized spacial score (nSPS) is 39.5. The minimum Gasteiger partial charge on any atom is -0.375 e. The SMILES string of the molecule is CCNC(C1CC(C)CC(C)C1)C1CSCCO1. The van der Waals surface area contributed by atoms with Crippen molar-refractivity contribution in [1.29, 1.82) is 0 Å². The third-order valence-electron chi connectivity index (χ3n) is 4.40. The van der Waals surface area contributed by atoms with Crippen molar-refractivity contribution >= 4 is 11.8 Å². The average molecular weight is 271 g/mol. The van der Waals surface area contributed by atoms with Crippen molar-refractivity contribution in [3.63, 3.8) is 0 Å². The Morgan fingerprint density at radius 3 is 2.50 bits per heavy atom. The molecule has 3 heteroatoms. The van der Waals surface area contributed by atoms with Crippen LogP contribution in [0.15, 0.2) is 0 Å². The lowest BCUT2D eigenvalue weighted by Gasteiger charge is -2.41. The van der Waals surface area contributed by atoms with E-state index in [9.17, 15) is 0 Å². The van der Waals surface area contributed by atoms with Crippen molar-refractivity contribution in [3.8, 4) is 0 Å². The quantitative estimate of drug-likeness (QED) is 0.848. The van der Waals surface area contributed by atoms with E-state index in [2.05, 4.69) is 37.8 Å². The van der Waals surface area contributed by atoms with Crippen LogP contribution in [0.5, 0.6) is 0 Å². The zero-order valence-electron chi connectivity index (χ0n) is 12.2. The molecule has 106 valence electrons. The summed E-state index contributed by atoms with van der Waals surface area (Å²) >= 11 is 2.06. The van der Waals surface area contributed by atoms with E-state index < -0.39 is 0 Å². The van der Waals surface area contributed by atoms with Crippen LogP contribution < -0.4 is 5.32 Å². The van der Waals surface area contributed by atoms with Gasteiger partial charge < -0.3 is 10.1 Å². The predicted octanol–water partition coefficient (Wildman–Crippen LogP) is 3.17. The second-order valence-electron chi connectivity index (χ2n) is 6.25. The topological polar surface area (TPSA) is 21.3 Å². The van der Waals surface area contributed by atoms with E-state index in [0.29, 0.717) is 12.1 Å². The van der Waals surface area contributed by atoms with Crippen LogP contribution in [0.3, 0.4) is 0 Å². The number of likely N-dealkylation sites (N-methyl/N-ethyl adjacent to an activating group) is 1. The maximum absolute atomic E-state index is 6.03. The predicted molar refractivity (Wildman–Crippen MR) is 80.2 cm³/mol. The molecule has 0 radical (unpaired) electrons. The standard InChI is InChI=1S/C15H29NOS/c1-4-16-15(14-10-18-6-5-17-14)13-8-11(2)7-12(3)9-13/h11-16H,4-10H2,1-3H3. The van der Waals surface area contributed by atoms with Crippen molar-refractivity contribution in [3.05, 3.63) is 0 Å². The highest BCUT2D eigenvalue weighted by Gasteiger charge is 2.35. The fourth-order valence-electron chi connectivity index (χ4n) is 3.85. The van der Waals surface area contributed by atoms with E-state index in [1.54, 1.807) is 0 Å². The molecule has 0 spiro atoms. The molecule has 0 aromatic carbocycles. The smallest absolute Gasteiger partial charge is 0.0821 e. The van der Waals surface area contributed by atoms with Crippen LogP contribution in [0.2, 0.25) is 0 Å². The molecule has 4 unspecified atom stereocenters. The molecule has 2 aliphatic rings. The van der Waals surface area contributed by atoms with Crippen molar-refractivity contribution in [2.45, 2.75) is 52.2 Å². The van der Waals surface area contributed by atoms with Crippen LogP contribution >= 0.6 is 11.8 Å². The fraction of sp³-hybridized carbons (Fsp3) is 1.00. The molecule has 1 saturated carbocycles. The molecule has 1 saturated heterocycles. The fourth-order valence-corrected chi connectivity index (χ4v) is 4.77.